The number of hydrogen-bond donors (Lipinski definition) is 0. The van der Waals surface area contributed by atoms with Gasteiger partial charge in [0.25, 0.3) is 5.56 Å². The Labute approximate surface area is 160 Å². The average molecular weight is 374 g/mol. The van der Waals surface area contributed by atoms with E-state index in [4.69, 9.17) is 4.42 Å². The van der Waals surface area contributed by atoms with Crippen molar-refractivity contribution in [1.29, 1.82) is 0 Å². The van der Waals surface area contributed by atoms with E-state index in [1.807, 2.05) is 24.3 Å². The minimum atomic E-state index is -0.238. The van der Waals surface area contributed by atoms with Crippen LogP contribution in [-0.4, -0.2) is 25.3 Å². The quantitative estimate of drug-likeness (QED) is 0.518. The number of amides is 1. The third kappa shape index (κ3) is 3.83. The van der Waals surface area contributed by atoms with Crippen LogP contribution in [0.5, 0.6) is 0 Å². The van der Waals surface area contributed by atoms with Gasteiger partial charge in [0.15, 0.2) is 0 Å². The van der Waals surface area contributed by atoms with E-state index < -0.39 is 0 Å². The zero-order valence-corrected chi connectivity index (χ0v) is 15.1. The topological polar surface area (TPSA) is 81.2 Å². The van der Waals surface area contributed by atoms with Crippen LogP contribution in [0, 0.1) is 0 Å². The molecule has 0 saturated heterocycles. The number of nitrogens with zero attached hydrogens (tertiary/aromatic N) is 4. The first-order valence-corrected chi connectivity index (χ1v) is 8.84. The number of rotatable bonds is 6. The van der Waals surface area contributed by atoms with E-state index in [1.54, 1.807) is 47.8 Å². The largest absolute Gasteiger partial charge is 0.467 e. The SMILES string of the molecule is O=C(Cn1cnc2ccccc2c1=O)N(Cc1cccnc1)Cc1ccco1. The summed E-state index contributed by atoms with van der Waals surface area (Å²) in [4.78, 5) is 35.7. The van der Waals surface area contributed by atoms with Gasteiger partial charge in [-0.3, -0.25) is 19.1 Å². The summed E-state index contributed by atoms with van der Waals surface area (Å²) in [5, 5.41) is 0.489. The summed E-state index contributed by atoms with van der Waals surface area (Å²) < 4.78 is 6.73. The zero-order chi connectivity index (χ0) is 19.3. The first-order valence-electron chi connectivity index (χ1n) is 8.84. The van der Waals surface area contributed by atoms with E-state index in [1.165, 1.54) is 10.9 Å². The molecule has 4 rings (SSSR count). The summed E-state index contributed by atoms with van der Waals surface area (Å²) in [6.45, 7) is 0.567. The van der Waals surface area contributed by atoms with Gasteiger partial charge < -0.3 is 9.32 Å². The summed E-state index contributed by atoms with van der Waals surface area (Å²) in [5.74, 6) is 0.459. The molecule has 3 aromatic heterocycles. The number of carbonyl (C=O) groups is 1. The van der Waals surface area contributed by atoms with Gasteiger partial charge in [-0.25, -0.2) is 4.98 Å². The van der Waals surface area contributed by atoms with Gasteiger partial charge in [-0.2, -0.15) is 0 Å². The number of carbonyl (C=O) groups excluding carboxylic acids is 1. The number of aromatic nitrogens is 3. The van der Waals surface area contributed by atoms with E-state index in [-0.39, 0.29) is 18.0 Å². The molecule has 0 bridgehead atoms. The van der Waals surface area contributed by atoms with E-state index in [0.717, 1.165) is 5.56 Å². The molecule has 140 valence electrons. The molecule has 7 nitrogen and oxygen atoms in total. The number of para-hydroxylation sites is 1. The molecular weight excluding hydrogens is 356 g/mol. The number of hydrogen-bond acceptors (Lipinski definition) is 5. The van der Waals surface area contributed by atoms with Crippen molar-refractivity contribution < 1.29 is 9.21 Å². The fourth-order valence-electron chi connectivity index (χ4n) is 3.00. The Balaban J connectivity index is 1.60. The van der Waals surface area contributed by atoms with Gasteiger partial charge in [-0.15, -0.1) is 0 Å². The molecule has 0 aliphatic rings. The van der Waals surface area contributed by atoms with Crippen molar-refractivity contribution >= 4 is 16.8 Å². The van der Waals surface area contributed by atoms with Gasteiger partial charge in [-0.1, -0.05) is 18.2 Å². The monoisotopic (exact) mass is 374 g/mol. The van der Waals surface area contributed by atoms with E-state index in [9.17, 15) is 9.59 Å². The molecule has 0 aliphatic heterocycles. The van der Waals surface area contributed by atoms with Crippen LogP contribution >= 0.6 is 0 Å². The molecule has 1 amide bonds. The van der Waals surface area contributed by atoms with Gasteiger partial charge in [0.05, 0.1) is 30.0 Å². The zero-order valence-electron chi connectivity index (χ0n) is 15.1. The number of benzene rings is 1. The molecular formula is C21H18N4O3. The highest BCUT2D eigenvalue weighted by Gasteiger charge is 2.18. The average Bonchev–Trinajstić information content (AvgIpc) is 3.24. The summed E-state index contributed by atoms with van der Waals surface area (Å²) in [5.41, 5.74) is 1.27. The third-order valence-electron chi connectivity index (χ3n) is 4.41. The standard InChI is InChI=1S/C21H18N4O3/c26-20(14-25-15-23-19-8-2-1-7-18(19)21(25)27)24(13-17-6-4-10-28-17)12-16-5-3-9-22-11-16/h1-11,15H,12-14H2. The molecule has 0 spiro atoms. The van der Waals surface area contributed by atoms with Crippen LogP contribution in [0.25, 0.3) is 10.9 Å². The molecule has 0 N–H and O–H groups in total. The van der Waals surface area contributed by atoms with Crippen LogP contribution < -0.4 is 5.56 Å². The maximum absolute atomic E-state index is 13.0. The predicted octanol–water partition coefficient (Wildman–Crippen LogP) is 2.61. The Morgan fingerprint density at radius 3 is 2.75 bits per heavy atom. The van der Waals surface area contributed by atoms with Crippen molar-refractivity contribution in [2.75, 3.05) is 0 Å². The normalized spacial score (nSPS) is 10.9. The van der Waals surface area contributed by atoms with E-state index >= 15 is 0 Å². The number of fused-ring (bicyclic) bond motifs is 1. The fourth-order valence-corrected chi connectivity index (χ4v) is 3.00. The summed E-state index contributed by atoms with van der Waals surface area (Å²) >= 11 is 0. The van der Waals surface area contributed by atoms with Gasteiger partial charge in [0, 0.05) is 18.9 Å². The van der Waals surface area contributed by atoms with Gasteiger partial charge in [-0.05, 0) is 35.9 Å². The second-order valence-corrected chi connectivity index (χ2v) is 6.39. The molecule has 0 unspecified atom stereocenters. The lowest BCUT2D eigenvalue weighted by molar-refractivity contribution is -0.133. The Morgan fingerprint density at radius 2 is 1.96 bits per heavy atom. The molecule has 3 heterocycles. The first-order chi connectivity index (χ1) is 13.7. The van der Waals surface area contributed by atoms with Crippen molar-refractivity contribution in [3.63, 3.8) is 0 Å². The summed E-state index contributed by atoms with van der Waals surface area (Å²) in [6, 6.07) is 14.4. The smallest absolute Gasteiger partial charge is 0.261 e. The minimum Gasteiger partial charge on any atom is -0.467 e. The van der Waals surface area contributed by atoms with Crippen molar-refractivity contribution in [2.45, 2.75) is 19.6 Å². The second-order valence-electron chi connectivity index (χ2n) is 6.39. The fraction of sp³-hybridized carbons (Fsp3) is 0.143. The molecule has 0 radical (unpaired) electrons. The van der Waals surface area contributed by atoms with Crippen molar-refractivity contribution in [2.24, 2.45) is 0 Å². The first kappa shape index (κ1) is 17.7. The molecule has 4 aromatic rings. The highest BCUT2D eigenvalue weighted by molar-refractivity contribution is 5.79. The van der Waals surface area contributed by atoms with Crippen molar-refractivity contribution in [3.8, 4) is 0 Å². The molecule has 1 aromatic carbocycles. The van der Waals surface area contributed by atoms with E-state index in [0.29, 0.717) is 29.8 Å². The maximum Gasteiger partial charge on any atom is 0.261 e. The lowest BCUT2D eigenvalue weighted by atomic mass is 10.2. The molecule has 0 atom stereocenters. The molecule has 0 fully saturated rings. The maximum atomic E-state index is 13.0. The lowest BCUT2D eigenvalue weighted by Crippen LogP contribution is -2.36. The Kier molecular flexibility index (Phi) is 4.97. The van der Waals surface area contributed by atoms with Crippen LogP contribution in [-0.2, 0) is 24.4 Å². The van der Waals surface area contributed by atoms with Crippen molar-refractivity contribution in [1.82, 2.24) is 19.4 Å². The minimum absolute atomic E-state index is 0.0996. The Morgan fingerprint density at radius 1 is 1.07 bits per heavy atom. The van der Waals surface area contributed by atoms with Crippen molar-refractivity contribution in [3.05, 3.63) is 95.2 Å². The van der Waals surface area contributed by atoms with E-state index in [2.05, 4.69) is 9.97 Å². The highest BCUT2D eigenvalue weighted by atomic mass is 16.3. The predicted molar refractivity (Wildman–Crippen MR) is 103 cm³/mol. The van der Waals surface area contributed by atoms with Crippen LogP contribution in [0.2, 0.25) is 0 Å². The Bertz CT molecular complexity index is 1140. The molecule has 7 heteroatoms. The van der Waals surface area contributed by atoms with Gasteiger partial charge >= 0.3 is 0 Å². The van der Waals surface area contributed by atoms with Gasteiger partial charge in [0.1, 0.15) is 12.3 Å². The Hall–Kier alpha value is -3.74. The summed E-state index contributed by atoms with van der Waals surface area (Å²) in [7, 11) is 0. The number of pyridine rings is 1. The van der Waals surface area contributed by atoms with Crippen LogP contribution in [0.4, 0.5) is 0 Å². The van der Waals surface area contributed by atoms with Crippen LogP contribution in [0.15, 0.2) is 82.7 Å². The van der Waals surface area contributed by atoms with Crippen LogP contribution in [0.3, 0.4) is 0 Å². The highest BCUT2D eigenvalue weighted by Crippen LogP contribution is 2.11. The van der Waals surface area contributed by atoms with Gasteiger partial charge in [0.2, 0.25) is 5.91 Å². The lowest BCUT2D eigenvalue weighted by Gasteiger charge is -2.22. The summed E-state index contributed by atoms with van der Waals surface area (Å²) in [6.07, 6.45) is 6.38. The molecule has 0 saturated carbocycles. The third-order valence-corrected chi connectivity index (χ3v) is 4.41. The van der Waals surface area contributed by atoms with Crippen LogP contribution in [0.1, 0.15) is 11.3 Å². The molecule has 0 aliphatic carbocycles. The number of furan rings is 1. The molecule has 28 heavy (non-hydrogen) atoms. The second kappa shape index (κ2) is 7.87.